The Labute approximate surface area is 236 Å². The molecule has 0 bridgehead atoms. The Balaban J connectivity index is 1.51. The Kier molecular flexibility index (Phi) is 8.68. The summed E-state index contributed by atoms with van der Waals surface area (Å²) < 4.78 is 41.0. The average molecular weight is 612 g/mol. The average Bonchev–Trinajstić information content (AvgIpc) is 2.95. The van der Waals surface area contributed by atoms with E-state index in [0.717, 1.165) is 32.8 Å². The number of nitrogen functional groups attached to an aromatic ring is 1. The number of hydrogen-bond donors (Lipinski definition) is 4. The number of alkyl halides is 3. The van der Waals surface area contributed by atoms with Gasteiger partial charge in [0.25, 0.3) is 5.91 Å². The third-order valence-corrected chi connectivity index (χ3v) is 6.54. The van der Waals surface area contributed by atoms with Crippen molar-refractivity contribution >= 4 is 39.3 Å². The Hall–Kier alpha value is -4.45. The second-order valence-corrected chi connectivity index (χ2v) is 9.66. The van der Waals surface area contributed by atoms with Gasteiger partial charge in [0.15, 0.2) is 0 Å². The van der Waals surface area contributed by atoms with E-state index >= 15 is 0 Å². The van der Waals surface area contributed by atoms with E-state index in [1.54, 1.807) is 31.4 Å². The molecule has 0 spiro atoms. The summed E-state index contributed by atoms with van der Waals surface area (Å²) in [5, 5.41) is 5.65. The van der Waals surface area contributed by atoms with Gasteiger partial charge in [0.05, 0.1) is 16.7 Å². The van der Waals surface area contributed by atoms with Crippen molar-refractivity contribution in [2.75, 3.05) is 18.1 Å². The van der Waals surface area contributed by atoms with Crippen LogP contribution in [0.3, 0.4) is 0 Å². The molecule has 0 aliphatic heterocycles. The van der Waals surface area contributed by atoms with E-state index in [1.165, 1.54) is 0 Å². The second-order valence-electron chi connectivity index (χ2n) is 8.74. The monoisotopic (exact) mass is 611 g/mol. The molecule has 6 N–H and O–H groups in total. The van der Waals surface area contributed by atoms with Crippen molar-refractivity contribution in [2.24, 2.45) is 10.7 Å². The summed E-state index contributed by atoms with van der Waals surface area (Å²) in [6.07, 6.45) is -2.32. The molecule has 40 heavy (non-hydrogen) atoms. The van der Waals surface area contributed by atoms with Crippen molar-refractivity contribution in [3.05, 3.63) is 105 Å². The number of amidine groups is 1. The number of rotatable bonds is 8. The lowest BCUT2D eigenvalue weighted by molar-refractivity contribution is -0.137. The van der Waals surface area contributed by atoms with Crippen LogP contribution in [0.25, 0.3) is 11.1 Å². The van der Waals surface area contributed by atoms with Crippen LogP contribution in [0.4, 0.5) is 24.8 Å². The first-order chi connectivity index (χ1) is 19.0. The summed E-state index contributed by atoms with van der Waals surface area (Å²) in [5.74, 6) is -0.102. The number of amides is 1. The summed E-state index contributed by atoms with van der Waals surface area (Å²) >= 11 is 3.34. The Morgan fingerprint density at radius 2 is 1.57 bits per heavy atom. The van der Waals surface area contributed by atoms with Gasteiger partial charge >= 0.3 is 6.18 Å². The fraction of sp³-hybridized carbons (Fsp3) is 0.143. The Morgan fingerprint density at radius 3 is 2.23 bits per heavy atom. The Morgan fingerprint density at radius 1 is 0.925 bits per heavy atom. The minimum atomic E-state index is -4.65. The predicted octanol–water partition coefficient (Wildman–Crippen LogP) is 5.38. The van der Waals surface area contributed by atoms with Crippen molar-refractivity contribution in [3.8, 4) is 11.1 Å². The lowest BCUT2D eigenvalue weighted by Gasteiger charge is -2.15. The first-order valence-corrected chi connectivity index (χ1v) is 12.8. The maximum absolute atomic E-state index is 13.4. The largest absolute Gasteiger partial charge is 0.417 e. The van der Waals surface area contributed by atoms with Crippen LogP contribution in [-0.2, 0) is 19.3 Å². The van der Waals surface area contributed by atoms with E-state index in [-0.39, 0.29) is 36.1 Å². The van der Waals surface area contributed by atoms with E-state index in [2.05, 4.69) is 41.5 Å². The topological polar surface area (TPSA) is 131 Å². The van der Waals surface area contributed by atoms with Crippen molar-refractivity contribution in [1.82, 2.24) is 15.3 Å². The number of carbonyl (C=O) groups is 1. The van der Waals surface area contributed by atoms with Crippen LogP contribution in [0, 0.1) is 0 Å². The first-order valence-electron chi connectivity index (χ1n) is 12.0. The highest BCUT2D eigenvalue weighted by Gasteiger charge is 2.32. The molecule has 12 heteroatoms. The highest BCUT2D eigenvalue weighted by Crippen LogP contribution is 2.31. The van der Waals surface area contributed by atoms with Gasteiger partial charge in [-0.1, -0.05) is 52.3 Å². The number of nitrogens with one attached hydrogen (secondary N) is 2. The van der Waals surface area contributed by atoms with Crippen LogP contribution < -0.4 is 22.1 Å². The number of hydrogen-bond acceptors (Lipinski definition) is 6. The number of benzene rings is 2. The van der Waals surface area contributed by atoms with Gasteiger partial charge in [-0.05, 0) is 41.0 Å². The summed E-state index contributed by atoms with van der Waals surface area (Å²) in [4.78, 5) is 25.0. The molecular weight excluding hydrogens is 587 g/mol. The summed E-state index contributed by atoms with van der Waals surface area (Å²) in [5.41, 5.74) is 14.4. The molecule has 0 fully saturated rings. The number of nitrogens with two attached hydrogens (primary N) is 2. The second kappa shape index (κ2) is 12.2. The number of carbonyl (C=O) groups excluding carboxylic acids is 1. The van der Waals surface area contributed by atoms with Gasteiger partial charge in [-0.25, -0.2) is 9.97 Å². The van der Waals surface area contributed by atoms with Crippen molar-refractivity contribution < 1.29 is 18.0 Å². The lowest BCUT2D eigenvalue weighted by Crippen LogP contribution is -2.25. The van der Waals surface area contributed by atoms with E-state index in [9.17, 15) is 18.0 Å². The third kappa shape index (κ3) is 6.94. The number of aliphatic imine (C=N–C) groups is 1. The zero-order chi connectivity index (χ0) is 28.9. The fourth-order valence-corrected chi connectivity index (χ4v) is 4.04. The quantitative estimate of drug-likeness (QED) is 0.156. The van der Waals surface area contributed by atoms with Gasteiger partial charge in [0.2, 0.25) is 0 Å². The lowest BCUT2D eigenvalue weighted by atomic mass is 10.0. The third-order valence-electron chi connectivity index (χ3n) is 6.01. The van der Waals surface area contributed by atoms with Crippen LogP contribution in [0.1, 0.15) is 32.6 Å². The molecule has 4 rings (SSSR count). The minimum Gasteiger partial charge on any atom is -0.383 e. The van der Waals surface area contributed by atoms with Crippen LogP contribution >= 0.6 is 15.9 Å². The summed E-state index contributed by atoms with van der Waals surface area (Å²) in [6.45, 7) is 0.354. The van der Waals surface area contributed by atoms with Gasteiger partial charge in [0.1, 0.15) is 17.5 Å². The highest BCUT2D eigenvalue weighted by atomic mass is 79.9. The van der Waals surface area contributed by atoms with Gasteiger partial charge in [-0.2, -0.15) is 13.2 Å². The maximum atomic E-state index is 13.4. The predicted molar refractivity (Wildman–Crippen MR) is 153 cm³/mol. The number of pyridine rings is 2. The number of aromatic nitrogens is 2. The van der Waals surface area contributed by atoms with E-state index in [1.807, 2.05) is 36.4 Å². The molecule has 0 unspecified atom stereocenters. The molecule has 2 aromatic carbocycles. The molecule has 206 valence electrons. The molecule has 0 radical (unpaired) electrons. The molecule has 0 saturated heterocycles. The first kappa shape index (κ1) is 28.6. The Bertz CT molecular complexity index is 1540. The van der Waals surface area contributed by atoms with E-state index < -0.39 is 17.6 Å². The van der Waals surface area contributed by atoms with Crippen molar-refractivity contribution in [2.45, 2.75) is 19.3 Å². The standard InChI is InChI=1S/C28H25BrF3N7O/c1-35-24(33)22-10-19(14-36-25(22)34)18-6-2-16(3-7-18)12-37-26-23(11-20(15-38-26)28(30,31)32)27(40)39-13-17-4-8-21(29)9-5-17/h2-11,14-15H,12-13H2,1H3,(H2,33,35)(H2,34,36)(H,37,38)(H,39,40). The van der Waals surface area contributed by atoms with Gasteiger partial charge in [-0.15, -0.1) is 0 Å². The van der Waals surface area contributed by atoms with Gasteiger partial charge < -0.3 is 22.1 Å². The van der Waals surface area contributed by atoms with Crippen molar-refractivity contribution in [3.63, 3.8) is 0 Å². The highest BCUT2D eigenvalue weighted by molar-refractivity contribution is 9.10. The molecule has 2 heterocycles. The van der Waals surface area contributed by atoms with Crippen LogP contribution in [0.5, 0.6) is 0 Å². The SMILES string of the molecule is CN=C(N)c1cc(-c2ccc(CNc3ncc(C(F)(F)F)cc3C(=O)NCc3ccc(Br)cc3)cc2)cnc1N. The summed E-state index contributed by atoms with van der Waals surface area (Å²) in [6, 6.07) is 17.2. The summed E-state index contributed by atoms with van der Waals surface area (Å²) in [7, 11) is 1.56. The van der Waals surface area contributed by atoms with Gasteiger partial charge in [-0.3, -0.25) is 9.79 Å². The smallest absolute Gasteiger partial charge is 0.383 e. The zero-order valence-electron chi connectivity index (χ0n) is 21.3. The van der Waals surface area contributed by atoms with Crippen molar-refractivity contribution in [1.29, 1.82) is 0 Å². The molecule has 0 aliphatic carbocycles. The number of nitrogens with zero attached hydrogens (tertiary/aromatic N) is 3. The maximum Gasteiger partial charge on any atom is 0.417 e. The molecule has 2 aromatic heterocycles. The number of anilines is 2. The molecule has 0 aliphatic rings. The fourth-order valence-electron chi connectivity index (χ4n) is 3.77. The van der Waals surface area contributed by atoms with Crippen LogP contribution in [-0.4, -0.2) is 28.8 Å². The van der Waals surface area contributed by atoms with Crippen LogP contribution in [0.2, 0.25) is 0 Å². The molecular formula is C28H25BrF3N7O. The molecule has 1 amide bonds. The van der Waals surface area contributed by atoms with Gasteiger partial charge in [0, 0.05) is 42.6 Å². The van der Waals surface area contributed by atoms with E-state index in [0.29, 0.717) is 11.8 Å². The van der Waals surface area contributed by atoms with E-state index in [4.69, 9.17) is 11.5 Å². The molecule has 0 saturated carbocycles. The number of halogens is 4. The normalized spacial score (nSPS) is 11.8. The zero-order valence-corrected chi connectivity index (χ0v) is 22.8. The molecule has 8 nitrogen and oxygen atoms in total. The molecule has 0 atom stereocenters. The molecule has 4 aromatic rings. The van der Waals surface area contributed by atoms with Crippen LogP contribution in [0.15, 0.2) is 82.5 Å². The minimum absolute atomic E-state index is 0.0343.